The molecule has 1 saturated carbocycles. The van der Waals surface area contributed by atoms with Gasteiger partial charge in [0.15, 0.2) is 0 Å². The zero-order valence-electron chi connectivity index (χ0n) is 20.5. The molecule has 6 heteroatoms. The molecule has 34 heavy (non-hydrogen) atoms. The van der Waals surface area contributed by atoms with Crippen LogP contribution in [0.5, 0.6) is 0 Å². The number of anilines is 1. The number of piperazine rings is 1. The number of nitrogens with zero attached hydrogens (tertiary/aromatic N) is 2. The predicted octanol–water partition coefficient (Wildman–Crippen LogP) is 5.05. The van der Waals surface area contributed by atoms with Gasteiger partial charge < -0.3 is 15.1 Å². The van der Waals surface area contributed by atoms with Crippen molar-refractivity contribution in [2.45, 2.75) is 50.8 Å². The fourth-order valence-corrected chi connectivity index (χ4v) is 5.89. The highest BCUT2D eigenvalue weighted by atomic mass is 32.2. The van der Waals surface area contributed by atoms with Gasteiger partial charge in [0.2, 0.25) is 5.91 Å². The van der Waals surface area contributed by atoms with Gasteiger partial charge in [-0.2, -0.15) is 0 Å². The maximum atomic E-state index is 13.4. The highest BCUT2D eigenvalue weighted by molar-refractivity contribution is 8.00. The fraction of sp³-hybridized carbons (Fsp3) is 0.500. The third-order valence-electron chi connectivity index (χ3n) is 7.27. The number of amides is 2. The zero-order valence-corrected chi connectivity index (χ0v) is 21.3. The van der Waals surface area contributed by atoms with Crippen LogP contribution < -0.4 is 10.2 Å². The smallest absolute Gasteiger partial charge is 0.255 e. The Bertz CT molecular complexity index is 995. The molecule has 1 N–H and O–H groups in total. The van der Waals surface area contributed by atoms with Gasteiger partial charge in [-0.15, -0.1) is 11.8 Å². The Balaban J connectivity index is 1.31. The minimum Gasteiger partial charge on any atom is -0.368 e. The molecule has 5 nitrogen and oxygen atoms in total. The second-order valence-electron chi connectivity index (χ2n) is 9.59. The third-order valence-corrected chi connectivity index (χ3v) is 8.35. The first-order valence-corrected chi connectivity index (χ1v) is 13.6. The van der Waals surface area contributed by atoms with E-state index >= 15 is 0 Å². The van der Waals surface area contributed by atoms with Gasteiger partial charge in [-0.25, -0.2) is 0 Å². The minimum atomic E-state index is 0.0555. The van der Waals surface area contributed by atoms with E-state index in [4.69, 9.17) is 0 Å². The van der Waals surface area contributed by atoms with Crippen molar-refractivity contribution < 1.29 is 9.59 Å². The van der Waals surface area contributed by atoms with Crippen LogP contribution in [0.2, 0.25) is 0 Å². The van der Waals surface area contributed by atoms with Crippen LogP contribution in [0.15, 0.2) is 47.4 Å². The van der Waals surface area contributed by atoms with Gasteiger partial charge in [-0.3, -0.25) is 9.59 Å². The van der Waals surface area contributed by atoms with Crippen LogP contribution >= 0.6 is 11.8 Å². The van der Waals surface area contributed by atoms with E-state index in [0.29, 0.717) is 30.3 Å². The summed E-state index contributed by atoms with van der Waals surface area (Å²) in [5.74, 6) is 1.09. The number of nitrogens with one attached hydrogen (secondary N) is 1. The summed E-state index contributed by atoms with van der Waals surface area (Å²) >= 11 is 1.47. The molecule has 1 aliphatic carbocycles. The molecule has 0 bridgehead atoms. The summed E-state index contributed by atoms with van der Waals surface area (Å²) in [6, 6.07) is 14.1. The van der Waals surface area contributed by atoms with E-state index in [9.17, 15) is 9.59 Å². The molecule has 0 aromatic heterocycles. The molecule has 1 aliphatic heterocycles. The number of hydrogen-bond donors (Lipinski definition) is 1. The van der Waals surface area contributed by atoms with Gasteiger partial charge in [-0.05, 0) is 61.9 Å². The Morgan fingerprint density at radius 1 is 0.941 bits per heavy atom. The van der Waals surface area contributed by atoms with Gasteiger partial charge >= 0.3 is 0 Å². The van der Waals surface area contributed by atoms with E-state index < -0.39 is 0 Å². The Hall–Kier alpha value is -2.47. The number of carbonyl (C=O) groups excluding carboxylic acids is 2. The number of carbonyl (C=O) groups is 2. The molecule has 0 radical (unpaired) electrons. The Kier molecular flexibility index (Phi) is 8.54. The Morgan fingerprint density at radius 2 is 1.68 bits per heavy atom. The van der Waals surface area contributed by atoms with Gasteiger partial charge in [-0.1, -0.05) is 43.5 Å². The van der Waals surface area contributed by atoms with Gasteiger partial charge in [0.1, 0.15) is 0 Å². The highest BCUT2D eigenvalue weighted by Crippen LogP contribution is 2.27. The van der Waals surface area contributed by atoms with E-state index in [2.05, 4.69) is 42.3 Å². The molecule has 2 amide bonds. The summed E-state index contributed by atoms with van der Waals surface area (Å²) in [6.45, 7) is 8.15. The van der Waals surface area contributed by atoms with E-state index in [1.54, 1.807) is 0 Å². The van der Waals surface area contributed by atoms with Crippen LogP contribution in [0.4, 0.5) is 5.69 Å². The summed E-state index contributed by atoms with van der Waals surface area (Å²) in [6.07, 6.45) is 6.34. The van der Waals surface area contributed by atoms with Crippen LogP contribution in [0, 0.1) is 19.8 Å². The number of rotatable bonds is 7. The predicted molar refractivity (Wildman–Crippen MR) is 141 cm³/mol. The molecule has 0 atom stereocenters. The SMILES string of the molecule is Cc1cccc(N2CCN(C(=O)c3ccccc3SCC(=O)NCC3CCCCC3)CC2)c1C. The quantitative estimate of drug-likeness (QED) is 0.565. The molecular formula is C28H37N3O2S. The summed E-state index contributed by atoms with van der Waals surface area (Å²) in [7, 11) is 0. The molecule has 2 aliphatic rings. The van der Waals surface area contributed by atoms with E-state index in [1.165, 1.54) is 60.7 Å². The van der Waals surface area contributed by atoms with Crippen molar-refractivity contribution in [3.63, 3.8) is 0 Å². The molecule has 1 heterocycles. The lowest BCUT2D eigenvalue weighted by atomic mass is 9.89. The van der Waals surface area contributed by atoms with Gasteiger partial charge in [0, 0.05) is 43.3 Å². The topological polar surface area (TPSA) is 52.7 Å². The van der Waals surface area contributed by atoms with Crippen molar-refractivity contribution >= 4 is 29.3 Å². The highest BCUT2D eigenvalue weighted by Gasteiger charge is 2.25. The Morgan fingerprint density at radius 3 is 2.44 bits per heavy atom. The van der Waals surface area contributed by atoms with Crippen molar-refractivity contribution in [2.24, 2.45) is 5.92 Å². The van der Waals surface area contributed by atoms with Crippen LogP contribution in [-0.2, 0) is 4.79 Å². The molecule has 2 aromatic carbocycles. The molecular weight excluding hydrogens is 442 g/mol. The number of hydrogen-bond acceptors (Lipinski definition) is 4. The van der Waals surface area contributed by atoms with Crippen molar-refractivity contribution in [2.75, 3.05) is 43.4 Å². The second-order valence-corrected chi connectivity index (χ2v) is 10.6. The first-order chi connectivity index (χ1) is 16.5. The number of thioether (sulfide) groups is 1. The average molecular weight is 480 g/mol. The first kappa shape index (κ1) is 24.6. The van der Waals surface area contributed by atoms with Crippen LogP contribution in [-0.4, -0.2) is 55.2 Å². The van der Waals surface area contributed by atoms with Crippen molar-refractivity contribution in [3.8, 4) is 0 Å². The van der Waals surface area contributed by atoms with Crippen LogP contribution in [0.25, 0.3) is 0 Å². The van der Waals surface area contributed by atoms with Crippen molar-refractivity contribution in [3.05, 3.63) is 59.2 Å². The summed E-state index contributed by atoms with van der Waals surface area (Å²) in [4.78, 5) is 31.0. The molecule has 0 spiro atoms. The molecule has 1 saturated heterocycles. The van der Waals surface area contributed by atoms with Crippen molar-refractivity contribution in [1.29, 1.82) is 0 Å². The summed E-state index contributed by atoms with van der Waals surface area (Å²) in [5, 5.41) is 3.10. The lowest BCUT2D eigenvalue weighted by molar-refractivity contribution is -0.118. The molecule has 2 aromatic rings. The maximum absolute atomic E-state index is 13.4. The standard InChI is InChI=1S/C28H37N3O2S/c1-21-9-8-13-25(22(21)2)30-15-17-31(18-16-30)28(33)24-12-6-7-14-26(24)34-20-27(32)29-19-23-10-4-3-5-11-23/h6-9,12-14,23H,3-5,10-11,15-20H2,1-2H3,(H,29,32). The van der Waals surface area contributed by atoms with Crippen LogP contribution in [0.3, 0.4) is 0 Å². The molecule has 2 fully saturated rings. The average Bonchev–Trinajstić information content (AvgIpc) is 2.88. The maximum Gasteiger partial charge on any atom is 0.255 e. The zero-order chi connectivity index (χ0) is 23.9. The number of benzene rings is 2. The van der Waals surface area contributed by atoms with E-state index in [1.807, 2.05) is 29.2 Å². The molecule has 4 rings (SSSR count). The summed E-state index contributed by atoms with van der Waals surface area (Å²) in [5.41, 5.74) is 4.57. The monoisotopic (exact) mass is 479 g/mol. The first-order valence-electron chi connectivity index (χ1n) is 12.6. The van der Waals surface area contributed by atoms with Gasteiger partial charge in [0.05, 0.1) is 11.3 Å². The van der Waals surface area contributed by atoms with Gasteiger partial charge in [0.25, 0.3) is 5.91 Å². The summed E-state index contributed by atoms with van der Waals surface area (Å²) < 4.78 is 0. The second kappa shape index (κ2) is 11.8. The van der Waals surface area contributed by atoms with Crippen molar-refractivity contribution in [1.82, 2.24) is 10.2 Å². The molecule has 0 unspecified atom stereocenters. The number of aryl methyl sites for hydroxylation is 1. The lowest BCUT2D eigenvalue weighted by Gasteiger charge is -2.37. The largest absolute Gasteiger partial charge is 0.368 e. The minimum absolute atomic E-state index is 0.0555. The normalized spacial score (nSPS) is 17.0. The fourth-order valence-electron chi connectivity index (χ4n) is 5.01. The Labute approximate surface area is 208 Å². The molecule has 182 valence electrons. The van der Waals surface area contributed by atoms with E-state index in [-0.39, 0.29) is 11.8 Å². The van der Waals surface area contributed by atoms with E-state index in [0.717, 1.165) is 24.5 Å². The van der Waals surface area contributed by atoms with Crippen LogP contribution in [0.1, 0.15) is 53.6 Å². The lowest BCUT2D eigenvalue weighted by Crippen LogP contribution is -2.49. The third kappa shape index (κ3) is 6.15.